The Labute approximate surface area is 176 Å². The molecule has 3 aromatic rings. The van der Waals surface area contributed by atoms with Crippen molar-refractivity contribution in [2.24, 2.45) is 11.3 Å². The molecule has 4 heteroatoms. The van der Waals surface area contributed by atoms with Gasteiger partial charge in [-0.3, -0.25) is 0 Å². The number of para-hydroxylation sites is 1. The molecule has 0 bridgehead atoms. The lowest BCUT2D eigenvalue weighted by atomic mass is 9.69. The molecule has 0 saturated carbocycles. The van der Waals surface area contributed by atoms with Gasteiger partial charge in [-0.25, -0.2) is 9.78 Å². The van der Waals surface area contributed by atoms with Gasteiger partial charge in [-0.2, -0.15) is 0 Å². The summed E-state index contributed by atoms with van der Waals surface area (Å²) in [6, 6.07) is 15.2. The number of halogens is 1. The first-order valence-corrected chi connectivity index (χ1v) is 10.2. The molecule has 3 nitrogen and oxygen atoms in total. The molecule has 1 N–H and O–H groups in total. The van der Waals surface area contributed by atoms with Crippen molar-refractivity contribution in [1.82, 2.24) is 4.98 Å². The van der Waals surface area contributed by atoms with Crippen molar-refractivity contribution in [3.63, 3.8) is 0 Å². The third-order valence-electron chi connectivity index (χ3n) is 5.84. The van der Waals surface area contributed by atoms with Crippen LogP contribution in [0.3, 0.4) is 0 Å². The Balaban J connectivity index is 2.00. The summed E-state index contributed by atoms with van der Waals surface area (Å²) in [6.07, 6.45) is 3.68. The number of carboxylic acids is 1. The van der Waals surface area contributed by atoms with Gasteiger partial charge in [0.05, 0.1) is 16.8 Å². The van der Waals surface area contributed by atoms with Crippen LogP contribution in [0, 0.1) is 11.3 Å². The molecular weight excluding hydrogens is 382 g/mol. The lowest BCUT2D eigenvalue weighted by Crippen LogP contribution is -2.28. The van der Waals surface area contributed by atoms with E-state index in [9.17, 15) is 9.90 Å². The number of carbonyl (C=O) groups is 1. The fraction of sp³-hybridized carbons (Fsp3) is 0.280. The van der Waals surface area contributed by atoms with E-state index < -0.39 is 5.97 Å². The Kier molecular flexibility index (Phi) is 4.95. The number of aromatic nitrogens is 1. The van der Waals surface area contributed by atoms with Gasteiger partial charge in [0.1, 0.15) is 0 Å². The van der Waals surface area contributed by atoms with E-state index in [4.69, 9.17) is 16.6 Å². The molecule has 1 heterocycles. The van der Waals surface area contributed by atoms with Crippen molar-refractivity contribution in [2.75, 3.05) is 0 Å². The lowest BCUT2D eigenvalue weighted by molar-refractivity contribution is 0.0696. The van der Waals surface area contributed by atoms with Gasteiger partial charge in [-0.15, -0.1) is 0 Å². The highest BCUT2D eigenvalue weighted by Gasteiger charge is 2.35. The fourth-order valence-electron chi connectivity index (χ4n) is 4.18. The monoisotopic (exact) mass is 405 g/mol. The average molecular weight is 406 g/mol. The number of fused-ring (bicyclic) bond motifs is 2. The first-order chi connectivity index (χ1) is 13.7. The van der Waals surface area contributed by atoms with Gasteiger partial charge in [0.15, 0.2) is 0 Å². The van der Waals surface area contributed by atoms with E-state index in [1.807, 2.05) is 48.5 Å². The molecule has 0 radical (unpaired) electrons. The molecule has 29 heavy (non-hydrogen) atoms. The molecule has 0 amide bonds. The van der Waals surface area contributed by atoms with Crippen LogP contribution in [0.25, 0.3) is 22.6 Å². The highest BCUT2D eigenvalue weighted by Crippen LogP contribution is 2.44. The van der Waals surface area contributed by atoms with E-state index in [1.165, 1.54) is 0 Å². The van der Waals surface area contributed by atoms with E-state index in [0.29, 0.717) is 28.3 Å². The Morgan fingerprint density at radius 1 is 1.14 bits per heavy atom. The van der Waals surface area contributed by atoms with Crippen LogP contribution in [-0.4, -0.2) is 16.1 Å². The van der Waals surface area contributed by atoms with Gasteiger partial charge in [0.2, 0.25) is 0 Å². The third kappa shape index (κ3) is 3.79. The molecule has 148 valence electrons. The Morgan fingerprint density at radius 3 is 2.59 bits per heavy atom. The summed E-state index contributed by atoms with van der Waals surface area (Å²) in [5, 5.41) is 11.5. The number of pyridine rings is 1. The predicted molar refractivity (Wildman–Crippen MR) is 119 cm³/mol. The van der Waals surface area contributed by atoms with Crippen LogP contribution < -0.4 is 0 Å². The van der Waals surface area contributed by atoms with Gasteiger partial charge in [0.25, 0.3) is 0 Å². The van der Waals surface area contributed by atoms with Crippen molar-refractivity contribution in [3.8, 4) is 0 Å². The van der Waals surface area contributed by atoms with Crippen LogP contribution in [0.15, 0.2) is 48.5 Å². The van der Waals surface area contributed by atoms with Crippen molar-refractivity contribution in [2.45, 2.75) is 33.6 Å². The summed E-state index contributed by atoms with van der Waals surface area (Å²) >= 11 is 6.19. The summed E-state index contributed by atoms with van der Waals surface area (Å²) in [7, 11) is 0. The molecule has 1 aliphatic rings. The highest BCUT2D eigenvalue weighted by molar-refractivity contribution is 6.30. The minimum Gasteiger partial charge on any atom is -0.478 e. The molecule has 1 unspecified atom stereocenters. The normalized spacial score (nSPS) is 18.1. The zero-order valence-corrected chi connectivity index (χ0v) is 17.6. The molecule has 1 atom stereocenters. The number of aromatic carboxylic acids is 1. The summed E-state index contributed by atoms with van der Waals surface area (Å²) in [5.41, 5.74) is 4.87. The van der Waals surface area contributed by atoms with E-state index in [1.54, 1.807) is 0 Å². The quantitative estimate of drug-likeness (QED) is 0.513. The number of nitrogens with zero attached hydrogens (tertiary/aromatic N) is 1. The largest absolute Gasteiger partial charge is 0.478 e. The van der Waals surface area contributed by atoms with Crippen LogP contribution in [0.1, 0.15) is 54.4 Å². The van der Waals surface area contributed by atoms with Crippen molar-refractivity contribution >= 4 is 40.1 Å². The Morgan fingerprint density at radius 2 is 1.90 bits per heavy atom. The summed E-state index contributed by atoms with van der Waals surface area (Å²) in [4.78, 5) is 17.2. The zero-order valence-electron chi connectivity index (χ0n) is 16.9. The van der Waals surface area contributed by atoms with Crippen LogP contribution in [0.2, 0.25) is 5.02 Å². The maximum Gasteiger partial charge on any atom is 0.336 e. The summed E-state index contributed by atoms with van der Waals surface area (Å²) in [6.45, 7) is 6.65. The van der Waals surface area contributed by atoms with Crippen LogP contribution >= 0.6 is 11.6 Å². The summed E-state index contributed by atoms with van der Waals surface area (Å²) < 4.78 is 0. The van der Waals surface area contributed by atoms with E-state index >= 15 is 0 Å². The van der Waals surface area contributed by atoms with Gasteiger partial charge >= 0.3 is 5.97 Å². The van der Waals surface area contributed by atoms with Crippen LogP contribution in [0.4, 0.5) is 0 Å². The van der Waals surface area contributed by atoms with Crippen molar-refractivity contribution in [1.29, 1.82) is 0 Å². The number of rotatable bonds is 2. The number of hydrogen-bond acceptors (Lipinski definition) is 2. The fourth-order valence-corrected chi connectivity index (χ4v) is 4.38. The molecule has 0 aliphatic heterocycles. The second kappa shape index (κ2) is 7.31. The van der Waals surface area contributed by atoms with E-state index in [-0.39, 0.29) is 5.41 Å². The van der Waals surface area contributed by atoms with Crippen molar-refractivity contribution < 1.29 is 9.90 Å². The highest BCUT2D eigenvalue weighted by atomic mass is 35.5. The first-order valence-electron chi connectivity index (χ1n) is 9.85. The zero-order chi connectivity index (χ0) is 20.8. The van der Waals surface area contributed by atoms with E-state index in [2.05, 4.69) is 26.8 Å². The number of carboxylic acid groups (broad SMARTS) is 1. The van der Waals surface area contributed by atoms with E-state index in [0.717, 1.165) is 34.3 Å². The summed E-state index contributed by atoms with van der Waals surface area (Å²) in [5.74, 6) is -0.571. The molecule has 1 aliphatic carbocycles. The number of allylic oxidation sites excluding steroid dienone is 1. The Bertz CT molecular complexity index is 1140. The number of hydrogen-bond donors (Lipinski definition) is 1. The van der Waals surface area contributed by atoms with Gasteiger partial charge in [0, 0.05) is 10.4 Å². The SMILES string of the molecule is CC(C)(C)C1C/C(=C\c2cccc(Cl)c2)c2nc3ccccc3c(C(=O)O)c2C1. The van der Waals surface area contributed by atoms with Crippen molar-refractivity contribution in [3.05, 3.63) is 75.9 Å². The predicted octanol–water partition coefficient (Wildman–Crippen LogP) is 6.74. The minimum atomic E-state index is -0.892. The molecule has 0 saturated heterocycles. The Hall–Kier alpha value is -2.65. The van der Waals surface area contributed by atoms with Gasteiger partial charge < -0.3 is 5.11 Å². The minimum absolute atomic E-state index is 0.0481. The smallest absolute Gasteiger partial charge is 0.336 e. The average Bonchev–Trinajstić information content (AvgIpc) is 2.65. The molecule has 0 fully saturated rings. The van der Waals surface area contributed by atoms with Crippen LogP contribution in [-0.2, 0) is 6.42 Å². The standard InChI is InChI=1S/C25H24ClNO2/c1-25(2,3)17-13-16(11-15-7-6-8-18(26)12-15)23-20(14-17)22(24(28)29)19-9-4-5-10-21(19)27-23/h4-12,17H,13-14H2,1-3H3,(H,28,29)/b16-11+. The first kappa shape index (κ1) is 19.7. The molecule has 1 aromatic heterocycles. The van der Waals surface area contributed by atoms with Gasteiger partial charge in [-0.05, 0) is 65.1 Å². The number of benzene rings is 2. The second-order valence-electron chi connectivity index (χ2n) is 8.83. The molecule has 4 rings (SSSR count). The van der Waals surface area contributed by atoms with Crippen LogP contribution in [0.5, 0.6) is 0 Å². The second-order valence-corrected chi connectivity index (χ2v) is 9.27. The lowest BCUT2D eigenvalue weighted by Gasteiger charge is -2.36. The third-order valence-corrected chi connectivity index (χ3v) is 6.08. The molecule has 2 aromatic carbocycles. The molecule has 0 spiro atoms. The molecular formula is C25H24ClNO2. The maximum absolute atomic E-state index is 12.3. The van der Waals surface area contributed by atoms with Gasteiger partial charge in [-0.1, -0.05) is 62.7 Å². The maximum atomic E-state index is 12.3. The topological polar surface area (TPSA) is 50.2 Å².